The van der Waals surface area contributed by atoms with Gasteiger partial charge in [-0.3, -0.25) is 14.5 Å². The first-order valence-electron chi connectivity index (χ1n) is 12.5. The molecule has 0 aliphatic carbocycles. The van der Waals surface area contributed by atoms with Crippen molar-refractivity contribution in [1.29, 1.82) is 0 Å². The molecule has 1 atom stereocenters. The lowest BCUT2D eigenvalue weighted by Crippen LogP contribution is -2.29. The van der Waals surface area contributed by atoms with Crippen LogP contribution in [0.5, 0.6) is 11.5 Å². The lowest BCUT2D eigenvalue weighted by atomic mass is 9.85. The molecule has 4 aromatic rings. The molecule has 190 valence electrons. The van der Waals surface area contributed by atoms with Crippen LogP contribution < -0.4 is 14.4 Å². The highest BCUT2D eigenvalue weighted by atomic mass is 16.7. The molecular formula is C32H27NO5. The summed E-state index contributed by atoms with van der Waals surface area (Å²) in [4.78, 5) is 28.6. The number of nitrogens with zero attached hydrogens (tertiary/aromatic N) is 1. The number of aliphatic hydroxyl groups excluding tert-OH is 1. The fourth-order valence-electron chi connectivity index (χ4n) is 5.19. The van der Waals surface area contributed by atoms with E-state index in [0.717, 1.165) is 21.9 Å². The van der Waals surface area contributed by atoms with Gasteiger partial charge in [0.05, 0.1) is 11.6 Å². The van der Waals surface area contributed by atoms with Crippen molar-refractivity contribution in [2.24, 2.45) is 0 Å². The summed E-state index contributed by atoms with van der Waals surface area (Å²) in [7, 11) is 0. The Hall–Kier alpha value is -4.58. The second kappa shape index (κ2) is 8.77. The molecule has 38 heavy (non-hydrogen) atoms. The number of fused-ring (bicyclic) bond motifs is 2. The van der Waals surface area contributed by atoms with Crippen LogP contribution in [0.2, 0.25) is 0 Å². The van der Waals surface area contributed by atoms with Crippen molar-refractivity contribution in [3.8, 4) is 11.5 Å². The molecule has 0 radical (unpaired) electrons. The maximum Gasteiger partial charge on any atom is 0.300 e. The van der Waals surface area contributed by atoms with Gasteiger partial charge in [0, 0.05) is 17.3 Å². The Morgan fingerprint density at radius 1 is 0.868 bits per heavy atom. The first-order chi connectivity index (χ1) is 18.2. The Balaban J connectivity index is 1.57. The Labute approximate surface area is 220 Å². The van der Waals surface area contributed by atoms with Crippen LogP contribution in [0.1, 0.15) is 43.5 Å². The van der Waals surface area contributed by atoms with Crippen LogP contribution in [0.3, 0.4) is 0 Å². The molecule has 0 bridgehead atoms. The fraction of sp³-hybridized carbons (Fsp3) is 0.188. The van der Waals surface area contributed by atoms with E-state index in [-0.39, 0.29) is 23.5 Å². The second-order valence-corrected chi connectivity index (χ2v) is 10.6. The summed E-state index contributed by atoms with van der Waals surface area (Å²) in [6.45, 7) is 6.47. The van der Waals surface area contributed by atoms with E-state index < -0.39 is 17.7 Å². The maximum atomic E-state index is 13.6. The van der Waals surface area contributed by atoms with Crippen molar-refractivity contribution in [3.05, 3.63) is 107 Å². The van der Waals surface area contributed by atoms with Crippen molar-refractivity contribution in [2.45, 2.75) is 32.2 Å². The number of aliphatic hydroxyl groups is 1. The summed E-state index contributed by atoms with van der Waals surface area (Å²) < 4.78 is 11.0. The summed E-state index contributed by atoms with van der Waals surface area (Å²) in [6, 6.07) is 25.4. The summed E-state index contributed by atoms with van der Waals surface area (Å²) in [5.41, 5.74) is 2.81. The molecule has 1 fully saturated rings. The number of Topliss-reactive ketones (excluding diaryl/α,β-unsaturated/α-hetero) is 1. The van der Waals surface area contributed by atoms with Gasteiger partial charge in [0.15, 0.2) is 11.5 Å². The van der Waals surface area contributed by atoms with Gasteiger partial charge in [0.2, 0.25) is 6.79 Å². The lowest BCUT2D eigenvalue weighted by Gasteiger charge is -2.27. The average Bonchev–Trinajstić information content (AvgIpc) is 3.49. The summed E-state index contributed by atoms with van der Waals surface area (Å²) in [5, 5.41) is 13.4. The first-order valence-corrected chi connectivity index (χ1v) is 12.5. The molecule has 0 saturated carbocycles. The molecular weight excluding hydrogens is 478 g/mol. The van der Waals surface area contributed by atoms with Gasteiger partial charge in [-0.15, -0.1) is 0 Å². The zero-order valence-corrected chi connectivity index (χ0v) is 21.4. The predicted octanol–water partition coefficient (Wildman–Crippen LogP) is 6.49. The van der Waals surface area contributed by atoms with Crippen LogP contribution >= 0.6 is 0 Å². The highest BCUT2D eigenvalue weighted by molar-refractivity contribution is 6.51. The van der Waals surface area contributed by atoms with E-state index in [1.807, 2.05) is 60.7 Å². The third-order valence-electron chi connectivity index (χ3n) is 7.22. The number of carbonyl (C=O) groups excluding carboxylic acids is 2. The SMILES string of the molecule is CC(C)(C)c1ccc(C2/C(=C(/O)c3cccc4ccccc34)C(=O)C(=O)N2c2ccc3c(c2)OCO3)cc1. The standard InChI is InChI=1S/C32H27NO5/c1-32(2,3)21-13-11-20(12-14-21)28-27(29(34)24-10-6-8-19-7-4-5-9-23(19)24)30(35)31(36)33(28)22-15-16-25-26(17-22)38-18-37-25/h4-17,28,34H,18H2,1-3H3/b29-27-. The zero-order chi connectivity index (χ0) is 26.6. The van der Waals surface area contributed by atoms with Crippen molar-refractivity contribution in [2.75, 3.05) is 11.7 Å². The van der Waals surface area contributed by atoms with Gasteiger partial charge in [-0.1, -0.05) is 87.5 Å². The van der Waals surface area contributed by atoms with Gasteiger partial charge in [0.25, 0.3) is 11.7 Å². The Morgan fingerprint density at radius 2 is 1.58 bits per heavy atom. The van der Waals surface area contributed by atoms with Gasteiger partial charge < -0.3 is 14.6 Å². The van der Waals surface area contributed by atoms with Crippen molar-refractivity contribution >= 4 is 33.9 Å². The summed E-state index contributed by atoms with van der Waals surface area (Å²) >= 11 is 0. The molecule has 6 heteroatoms. The quantitative estimate of drug-likeness (QED) is 0.196. The van der Waals surface area contributed by atoms with Gasteiger partial charge >= 0.3 is 0 Å². The number of hydrogen-bond donors (Lipinski definition) is 1. The average molecular weight is 506 g/mol. The smallest absolute Gasteiger partial charge is 0.300 e. The van der Waals surface area contributed by atoms with Crippen LogP contribution in [-0.4, -0.2) is 23.6 Å². The zero-order valence-electron chi connectivity index (χ0n) is 21.4. The molecule has 6 rings (SSSR count). The predicted molar refractivity (Wildman–Crippen MR) is 146 cm³/mol. The normalized spacial score (nSPS) is 18.4. The van der Waals surface area contributed by atoms with E-state index in [1.165, 1.54) is 4.90 Å². The molecule has 4 aromatic carbocycles. The van der Waals surface area contributed by atoms with E-state index in [1.54, 1.807) is 24.3 Å². The van der Waals surface area contributed by atoms with Gasteiger partial charge in [-0.25, -0.2) is 0 Å². The van der Waals surface area contributed by atoms with Crippen LogP contribution in [0, 0.1) is 0 Å². The van der Waals surface area contributed by atoms with Crippen molar-refractivity contribution in [1.82, 2.24) is 0 Å². The number of carbonyl (C=O) groups is 2. The fourth-order valence-corrected chi connectivity index (χ4v) is 5.19. The highest BCUT2D eigenvalue weighted by Gasteiger charge is 2.47. The number of hydrogen-bond acceptors (Lipinski definition) is 5. The minimum absolute atomic E-state index is 0.0486. The second-order valence-electron chi connectivity index (χ2n) is 10.6. The highest BCUT2D eigenvalue weighted by Crippen LogP contribution is 2.45. The molecule has 0 spiro atoms. The number of ether oxygens (including phenoxy) is 2. The minimum Gasteiger partial charge on any atom is -0.507 e. The molecule has 1 amide bonds. The van der Waals surface area contributed by atoms with E-state index in [0.29, 0.717) is 22.7 Å². The number of ketones is 1. The Bertz CT molecular complexity index is 1620. The molecule has 1 saturated heterocycles. The topological polar surface area (TPSA) is 76.1 Å². The molecule has 1 N–H and O–H groups in total. The molecule has 2 aliphatic heterocycles. The largest absolute Gasteiger partial charge is 0.507 e. The van der Waals surface area contributed by atoms with E-state index >= 15 is 0 Å². The van der Waals surface area contributed by atoms with Crippen LogP contribution in [0.25, 0.3) is 16.5 Å². The van der Waals surface area contributed by atoms with E-state index in [9.17, 15) is 14.7 Å². The summed E-state index contributed by atoms with van der Waals surface area (Å²) in [5.74, 6) is -0.575. The molecule has 0 aromatic heterocycles. The third-order valence-corrected chi connectivity index (χ3v) is 7.22. The van der Waals surface area contributed by atoms with Crippen molar-refractivity contribution < 1.29 is 24.2 Å². The molecule has 1 unspecified atom stereocenters. The molecule has 2 aliphatic rings. The minimum atomic E-state index is -0.830. The molecule has 6 nitrogen and oxygen atoms in total. The number of rotatable bonds is 3. The first kappa shape index (κ1) is 23.8. The number of benzene rings is 4. The van der Waals surface area contributed by atoms with Crippen LogP contribution in [-0.2, 0) is 15.0 Å². The monoisotopic (exact) mass is 505 g/mol. The summed E-state index contributed by atoms with van der Waals surface area (Å²) in [6.07, 6.45) is 0. The Kier molecular flexibility index (Phi) is 5.49. The van der Waals surface area contributed by atoms with Gasteiger partial charge in [-0.2, -0.15) is 0 Å². The lowest BCUT2D eigenvalue weighted by molar-refractivity contribution is -0.132. The van der Waals surface area contributed by atoms with Gasteiger partial charge in [0.1, 0.15) is 5.76 Å². The van der Waals surface area contributed by atoms with Gasteiger partial charge in [-0.05, 0) is 39.4 Å². The maximum absolute atomic E-state index is 13.6. The van der Waals surface area contributed by atoms with E-state index in [4.69, 9.17) is 9.47 Å². The Morgan fingerprint density at radius 3 is 2.34 bits per heavy atom. The van der Waals surface area contributed by atoms with E-state index in [2.05, 4.69) is 20.8 Å². The molecule has 2 heterocycles. The van der Waals surface area contributed by atoms with Crippen LogP contribution in [0.4, 0.5) is 5.69 Å². The van der Waals surface area contributed by atoms with Crippen LogP contribution in [0.15, 0.2) is 90.5 Å². The third kappa shape index (κ3) is 3.80. The number of amides is 1. The number of anilines is 1. The van der Waals surface area contributed by atoms with Crippen molar-refractivity contribution in [3.63, 3.8) is 0 Å².